The van der Waals surface area contributed by atoms with Gasteiger partial charge in [0.05, 0.1) is 12.1 Å². The Labute approximate surface area is 148 Å². The van der Waals surface area contributed by atoms with Crippen LogP contribution in [0, 0.1) is 5.92 Å². The number of fused-ring (bicyclic) bond motifs is 1. The molecule has 0 bridgehead atoms. The lowest BCUT2D eigenvalue weighted by Gasteiger charge is -2.34. The van der Waals surface area contributed by atoms with E-state index in [1.54, 1.807) is 6.92 Å². The van der Waals surface area contributed by atoms with Crippen molar-refractivity contribution in [2.45, 2.75) is 69.7 Å². The topological polar surface area (TPSA) is 69.6 Å². The van der Waals surface area contributed by atoms with Gasteiger partial charge in [-0.05, 0) is 56.6 Å². The van der Waals surface area contributed by atoms with Crippen molar-refractivity contribution in [3.8, 4) is 0 Å². The molecule has 2 amide bonds. The Hall–Kier alpha value is -1.88. The molecule has 0 aliphatic heterocycles. The number of nitrogens with zero attached hydrogens (tertiary/aromatic N) is 1. The summed E-state index contributed by atoms with van der Waals surface area (Å²) in [5.41, 5.74) is 2.53. The minimum absolute atomic E-state index is 0.0237. The highest BCUT2D eigenvalue weighted by molar-refractivity contribution is 5.90. The van der Waals surface area contributed by atoms with Crippen molar-refractivity contribution < 1.29 is 14.7 Å². The van der Waals surface area contributed by atoms with E-state index in [0.717, 1.165) is 38.5 Å². The molecule has 4 rings (SSSR count). The quantitative estimate of drug-likeness (QED) is 0.830. The molecule has 3 aliphatic rings. The van der Waals surface area contributed by atoms with E-state index >= 15 is 0 Å². The lowest BCUT2D eigenvalue weighted by atomic mass is 10.0. The standard InChI is InChI=1S/C20H26N2O3/c1-12(23)18(21-19(24)14-6-7-14)20(25)22(15-9-10-15)17-11-8-13-4-2-3-5-16(13)17/h2-5,12,14-15,17-18,23H,6-11H2,1H3,(H,21,24). The van der Waals surface area contributed by atoms with E-state index in [2.05, 4.69) is 17.4 Å². The summed E-state index contributed by atoms with van der Waals surface area (Å²) in [4.78, 5) is 27.4. The summed E-state index contributed by atoms with van der Waals surface area (Å²) in [6.45, 7) is 1.59. The smallest absolute Gasteiger partial charge is 0.248 e. The first kappa shape index (κ1) is 16.6. The van der Waals surface area contributed by atoms with E-state index in [1.807, 2.05) is 17.0 Å². The Morgan fingerprint density at radius 1 is 1.16 bits per heavy atom. The molecule has 1 aromatic carbocycles. The van der Waals surface area contributed by atoms with Gasteiger partial charge < -0.3 is 15.3 Å². The van der Waals surface area contributed by atoms with E-state index in [9.17, 15) is 14.7 Å². The molecule has 25 heavy (non-hydrogen) atoms. The highest BCUT2D eigenvalue weighted by Crippen LogP contribution is 2.42. The van der Waals surface area contributed by atoms with Crippen molar-refractivity contribution in [2.75, 3.05) is 0 Å². The van der Waals surface area contributed by atoms with Crippen molar-refractivity contribution in [3.63, 3.8) is 0 Å². The first-order valence-electron chi connectivity index (χ1n) is 9.44. The molecule has 5 nitrogen and oxygen atoms in total. The van der Waals surface area contributed by atoms with Crippen LogP contribution in [0.15, 0.2) is 24.3 Å². The number of aliphatic hydroxyl groups is 1. The van der Waals surface area contributed by atoms with Crippen LogP contribution in [0.25, 0.3) is 0 Å². The highest BCUT2D eigenvalue weighted by atomic mass is 16.3. The molecule has 0 heterocycles. The Balaban J connectivity index is 1.57. The third-order valence-corrected chi connectivity index (χ3v) is 5.63. The average Bonchev–Trinajstić information content (AvgIpc) is 3.50. The number of carbonyl (C=O) groups excluding carboxylic acids is 2. The molecule has 2 saturated carbocycles. The number of carbonyl (C=O) groups is 2. The maximum Gasteiger partial charge on any atom is 0.248 e. The monoisotopic (exact) mass is 342 g/mol. The first-order chi connectivity index (χ1) is 12.1. The molecule has 3 atom stereocenters. The molecule has 3 unspecified atom stereocenters. The summed E-state index contributed by atoms with van der Waals surface area (Å²) < 4.78 is 0. The summed E-state index contributed by atoms with van der Waals surface area (Å²) in [5, 5.41) is 13.0. The number of hydrogen-bond donors (Lipinski definition) is 2. The zero-order valence-electron chi connectivity index (χ0n) is 14.6. The van der Waals surface area contributed by atoms with Crippen LogP contribution in [0.4, 0.5) is 0 Å². The van der Waals surface area contributed by atoms with Gasteiger partial charge in [0.15, 0.2) is 0 Å². The number of benzene rings is 1. The molecule has 0 saturated heterocycles. The highest BCUT2D eigenvalue weighted by Gasteiger charge is 2.44. The van der Waals surface area contributed by atoms with Crippen LogP contribution in [0.3, 0.4) is 0 Å². The van der Waals surface area contributed by atoms with Crippen LogP contribution < -0.4 is 5.32 Å². The zero-order chi connectivity index (χ0) is 17.6. The molecule has 2 fully saturated rings. The Morgan fingerprint density at radius 2 is 1.88 bits per heavy atom. The van der Waals surface area contributed by atoms with Gasteiger partial charge >= 0.3 is 0 Å². The maximum atomic E-state index is 13.3. The van der Waals surface area contributed by atoms with E-state index in [4.69, 9.17) is 0 Å². The Kier molecular flexibility index (Phi) is 4.28. The second-order valence-corrected chi connectivity index (χ2v) is 7.73. The average molecular weight is 342 g/mol. The number of hydrogen-bond acceptors (Lipinski definition) is 3. The minimum Gasteiger partial charge on any atom is -0.391 e. The summed E-state index contributed by atoms with van der Waals surface area (Å²) in [6, 6.07) is 7.76. The van der Waals surface area contributed by atoms with Gasteiger partial charge in [0.1, 0.15) is 6.04 Å². The van der Waals surface area contributed by atoms with Gasteiger partial charge in [-0.15, -0.1) is 0 Å². The van der Waals surface area contributed by atoms with Crippen molar-refractivity contribution in [1.29, 1.82) is 0 Å². The fourth-order valence-electron chi connectivity index (χ4n) is 3.93. The molecule has 5 heteroatoms. The summed E-state index contributed by atoms with van der Waals surface area (Å²) in [5.74, 6) is -0.203. The zero-order valence-corrected chi connectivity index (χ0v) is 14.6. The molecule has 1 aromatic rings. The fraction of sp³-hybridized carbons (Fsp3) is 0.600. The molecular formula is C20H26N2O3. The third-order valence-electron chi connectivity index (χ3n) is 5.63. The second-order valence-electron chi connectivity index (χ2n) is 7.73. The van der Waals surface area contributed by atoms with E-state index < -0.39 is 12.1 Å². The predicted octanol–water partition coefficient (Wildman–Crippen LogP) is 1.94. The number of aryl methyl sites for hydroxylation is 1. The van der Waals surface area contributed by atoms with Crippen LogP contribution in [-0.4, -0.2) is 40.0 Å². The molecule has 0 radical (unpaired) electrons. The van der Waals surface area contributed by atoms with Gasteiger partial charge in [0, 0.05) is 12.0 Å². The molecule has 0 aromatic heterocycles. The van der Waals surface area contributed by atoms with Gasteiger partial charge in [-0.1, -0.05) is 24.3 Å². The van der Waals surface area contributed by atoms with E-state index in [-0.39, 0.29) is 29.8 Å². The molecule has 3 aliphatic carbocycles. The van der Waals surface area contributed by atoms with Crippen LogP contribution in [0.5, 0.6) is 0 Å². The van der Waals surface area contributed by atoms with Gasteiger partial charge in [-0.3, -0.25) is 9.59 Å². The summed E-state index contributed by atoms with van der Waals surface area (Å²) in [7, 11) is 0. The number of amides is 2. The van der Waals surface area contributed by atoms with Gasteiger partial charge in [0.25, 0.3) is 0 Å². The minimum atomic E-state index is -0.895. The van der Waals surface area contributed by atoms with Gasteiger partial charge in [-0.25, -0.2) is 0 Å². The lowest BCUT2D eigenvalue weighted by molar-refractivity contribution is -0.142. The SMILES string of the molecule is CC(O)C(NC(=O)C1CC1)C(=O)N(C1CC1)C1CCc2ccccc21. The Morgan fingerprint density at radius 3 is 2.52 bits per heavy atom. The summed E-state index contributed by atoms with van der Waals surface area (Å²) >= 11 is 0. The number of rotatable bonds is 6. The summed E-state index contributed by atoms with van der Waals surface area (Å²) in [6.07, 6.45) is 4.79. The number of nitrogens with one attached hydrogen (secondary N) is 1. The largest absolute Gasteiger partial charge is 0.391 e. The van der Waals surface area contributed by atoms with Crippen LogP contribution in [-0.2, 0) is 16.0 Å². The molecule has 0 spiro atoms. The van der Waals surface area contributed by atoms with Crippen LogP contribution in [0.2, 0.25) is 0 Å². The van der Waals surface area contributed by atoms with Crippen molar-refractivity contribution >= 4 is 11.8 Å². The number of aliphatic hydroxyl groups excluding tert-OH is 1. The lowest BCUT2D eigenvalue weighted by Crippen LogP contribution is -2.55. The first-order valence-corrected chi connectivity index (χ1v) is 9.44. The van der Waals surface area contributed by atoms with Crippen molar-refractivity contribution in [2.24, 2.45) is 5.92 Å². The second kappa shape index (κ2) is 6.45. The van der Waals surface area contributed by atoms with Gasteiger partial charge in [-0.2, -0.15) is 0 Å². The molecular weight excluding hydrogens is 316 g/mol. The van der Waals surface area contributed by atoms with E-state index in [0.29, 0.717) is 0 Å². The normalized spacial score (nSPS) is 24.3. The predicted molar refractivity (Wildman–Crippen MR) is 93.7 cm³/mol. The molecule has 134 valence electrons. The van der Waals surface area contributed by atoms with E-state index in [1.165, 1.54) is 11.1 Å². The fourth-order valence-corrected chi connectivity index (χ4v) is 3.93. The third kappa shape index (κ3) is 3.30. The maximum absolute atomic E-state index is 13.3. The van der Waals surface area contributed by atoms with Crippen molar-refractivity contribution in [1.82, 2.24) is 10.2 Å². The van der Waals surface area contributed by atoms with Crippen molar-refractivity contribution in [3.05, 3.63) is 35.4 Å². The Bertz CT molecular complexity index is 679. The van der Waals surface area contributed by atoms with Crippen LogP contribution in [0.1, 0.15) is 56.2 Å². The van der Waals surface area contributed by atoms with Crippen LogP contribution >= 0.6 is 0 Å². The molecule has 2 N–H and O–H groups in total. The van der Waals surface area contributed by atoms with Gasteiger partial charge in [0.2, 0.25) is 11.8 Å².